The molecule has 2 rings (SSSR count). The van der Waals surface area contributed by atoms with Crippen molar-refractivity contribution in [1.29, 1.82) is 0 Å². The molecule has 0 bridgehead atoms. The fraction of sp³-hybridized carbons (Fsp3) is 0.200. The van der Waals surface area contributed by atoms with Gasteiger partial charge >= 0.3 is 0 Å². The smallest absolute Gasteiger partial charge is 0.138 e. The molecule has 0 saturated carbocycles. The van der Waals surface area contributed by atoms with Crippen molar-refractivity contribution < 1.29 is 0 Å². The van der Waals surface area contributed by atoms with Gasteiger partial charge in [-0.1, -0.05) is 23.7 Å². The molecule has 0 aliphatic carbocycles. The van der Waals surface area contributed by atoms with Gasteiger partial charge in [-0.25, -0.2) is 9.67 Å². The molecule has 0 aliphatic rings. The molecule has 0 fully saturated rings. The summed E-state index contributed by atoms with van der Waals surface area (Å²) in [6.45, 7) is 0.545. The van der Waals surface area contributed by atoms with Crippen molar-refractivity contribution in [2.45, 2.75) is 6.42 Å². The lowest BCUT2D eigenvalue weighted by Gasteiger charge is -2.06. The highest BCUT2D eigenvalue weighted by atomic mass is 35.5. The zero-order valence-electron chi connectivity index (χ0n) is 8.10. The second kappa shape index (κ2) is 4.42. The summed E-state index contributed by atoms with van der Waals surface area (Å²) in [6, 6.07) is 7.52. The minimum atomic E-state index is 0.545. The summed E-state index contributed by atoms with van der Waals surface area (Å²) in [5.74, 6) is 0.825. The fourth-order valence-corrected chi connectivity index (χ4v) is 1.61. The van der Waals surface area contributed by atoms with Gasteiger partial charge in [0, 0.05) is 6.42 Å². The van der Waals surface area contributed by atoms with Gasteiger partial charge in [0.15, 0.2) is 0 Å². The van der Waals surface area contributed by atoms with E-state index in [0.29, 0.717) is 18.0 Å². The standard InChI is InChI=1S/C10H11ClN4/c11-8-3-1-2-4-9(8)15-10(5-6-12)13-7-14-15/h1-4,7H,5-6,12H2. The van der Waals surface area contributed by atoms with E-state index in [0.717, 1.165) is 11.5 Å². The summed E-state index contributed by atoms with van der Waals surface area (Å²) in [5, 5.41) is 4.79. The Morgan fingerprint density at radius 1 is 1.33 bits per heavy atom. The lowest BCUT2D eigenvalue weighted by molar-refractivity contribution is 0.776. The van der Waals surface area contributed by atoms with Crippen LogP contribution in [0, 0.1) is 0 Å². The van der Waals surface area contributed by atoms with Crippen LogP contribution in [0.1, 0.15) is 5.82 Å². The van der Waals surface area contributed by atoms with Crippen molar-refractivity contribution in [3.05, 3.63) is 41.4 Å². The molecule has 0 spiro atoms. The van der Waals surface area contributed by atoms with Crippen molar-refractivity contribution in [2.75, 3.05) is 6.54 Å². The minimum absolute atomic E-state index is 0.545. The van der Waals surface area contributed by atoms with Gasteiger partial charge in [-0.05, 0) is 18.7 Å². The number of para-hydroxylation sites is 1. The summed E-state index contributed by atoms with van der Waals surface area (Å²) in [4.78, 5) is 4.14. The first kappa shape index (κ1) is 10.1. The third kappa shape index (κ3) is 2.00. The van der Waals surface area contributed by atoms with Gasteiger partial charge in [0.25, 0.3) is 0 Å². The Labute approximate surface area is 92.7 Å². The predicted molar refractivity (Wildman–Crippen MR) is 59.1 cm³/mol. The molecule has 0 atom stereocenters. The Hall–Kier alpha value is -1.39. The number of nitrogens with two attached hydrogens (primary N) is 1. The molecule has 4 nitrogen and oxygen atoms in total. The van der Waals surface area contributed by atoms with Crippen LogP contribution in [0.3, 0.4) is 0 Å². The van der Waals surface area contributed by atoms with E-state index < -0.39 is 0 Å². The number of benzene rings is 1. The van der Waals surface area contributed by atoms with Gasteiger partial charge in [0.05, 0.1) is 10.7 Å². The van der Waals surface area contributed by atoms with Crippen LogP contribution in [0.2, 0.25) is 5.02 Å². The first-order chi connectivity index (χ1) is 7.33. The van der Waals surface area contributed by atoms with Crippen molar-refractivity contribution >= 4 is 11.6 Å². The topological polar surface area (TPSA) is 56.7 Å². The van der Waals surface area contributed by atoms with Crippen LogP contribution in [0.4, 0.5) is 0 Å². The zero-order chi connectivity index (χ0) is 10.7. The van der Waals surface area contributed by atoms with Crippen LogP contribution < -0.4 is 5.73 Å². The van der Waals surface area contributed by atoms with E-state index in [-0.39, 0.29) is 0 Å². The van der Waals surface area contributed by atoms with Gasteiger partial charge in [0.1, 0.15) is 12.2 Å². The molecule has 1 heterocycles. The largest absolute Gasteiger partial charge is 0.330 e. The summed E-state index contributed by atoms with van der Waals surface area (Å²) in [5.41, 5.74) is 6.32. The van der Waals surface area contributed by atoms with Crippen molar-refractivity contribution in [3.63, 3.8) is 0 Å². The lowest BCUT2D eigenvalue weighted by atomic mass is 10.3. The average molecular weight is 223 g/mol. The quantitative estimate of drug-likeness (QED) is 0.855. The highest BCUT2D eigenvalue weighted by Crippen LogP contribution is 2.19. The van der Waals surface area contributed by atoms with E-state index in [4.69, 9.17) is 17.3 Å². The van der Waals surface area contributed by atoms with Crippen LogP contribution in [0.5, 0.6) is 0 Å². The van der Waals surface area contributed by atoms with E-state index in [9.17, 15) is 0 Å². The number of nitrogens with zero attached hydrogens (tertiary/aromatic N) is 3. The minimum Gasteiger partial charge on any atom is -0.330 e. The van der Waals surface area contributed by atoms with Gasteiger partial charge in [-0.3, -0.25) is 0 Å². The normalized spacial score (nSPS) is 10.5. The summed E-state index contributed by atoms with van der Waals surface area (Å²) >= 11 is 6.07. The average Bonchev–Trinajstić information content (AvgIpc) is 2.67. The molecule has 78 valence electrons. The zero-order valence-corrected chi connectivity index (χ0v) is 8.85. The first-order valence-electron chi connectivity index (χ1n) is 4.67. The third-order valence-corrected chi connectivity index (χ3v) is 2.39. The van der Waals surface area contributed by atoms with Gasteiger partial charge in [0.2, 0.25) is 0 Å². The van der Waals surface area contributed by atoms with Gasteiger partial charge in [-0.2, -0.15) is 5.10 Å². The molecule has 0 saturated heterocycles. The maximum atomic E-state index is 6.07. The second-order valence-electron chi connectivity index (χ2n) is 3.08. The van der Waals surface area contributed by atoms with E-state index in [2.05, 4.69) is 10.1 Å². The maximum absolute atomic E-state index is 6.07. The van der Waals surface area contributed by atoms with E-state index in [1.165, 1.54) is 6.33 Å². The number of halogens is 1. The number of aromatic nitrogens is 3. The monoisotopic (exact) mass is 222 g/mol. The second-order valence-corrected chi connectivity index (χ2v) is 3.49. The molecule has 5 heteroatoms. The Bertz CT molecular complexity index is 452. The molecular weight excluding hydrogens is 212 g/mol. The van der Waals surface area contributed by atoms with Crippen molar-refractivity contribution in [2.24, 2.45) is 5.73 Å². The fourth-order valence-electron chi connectivity index (χ4n) is 1.39. The molecule has 2 N–H and O–H groups in total. The Morgan fingerprint density at radius 3 is 2.87 bits per heavy atom. The molecular formula is C10H11ClN4. The third-order valence-electron chi connectivity index (χ3n) is 2.07. The van der Waals surface area contributed by atoms with Crippen molar-refractivity contribution in [1.82, 2.24) is 14.8 Å². The van der Waals surface area contributed by atoms with Gasteiger partial charge in [-0.15, -0.1) is 0 Å². The Kier molecular flexibility index (Phi) is 2.99. The predicted octanol–water partition coefficient (Wildman–Crippen LogP) is 1.42. The molecule has 0 aliphatic heterocycles. The highest BCUT2D eigenvalue weighted by Gasteiger charge is 2.07. The molecule has 0 radical (unpaired) electrons. The maximum Gasteiger partial charge on any atom is 0.138 e. The Morgan fingerprint density at radius 2 is 2.13 bits per heavy atom. The van der Waals surface area contributed by atoms with E-state index >= 15 is 0 Å². The molecule has 15 heavy (non-hydrogen) atoms. The van der Waals surface area contributed by atoms with Crippen LogP contribution >= 0.6 is 11.6 Å². The van der Waals surface area contributed by atoms with Crippen LogP contribution in [-0.2, 0) is 6.42 Å². The van der Waals surface area contributed by atoms with Crippen LogP contribution in [-0.4, -0.2) is 21.3 Å². The van der Waals surface area contributed by atoms with Crippen LogP contribution in [0.25, 0.3) is 5.69 Å². The summed E-state index contributed by atoms with van der Waals surface area (Å²) < 4.78 is 1.72. The number of hydrogen-bond donors (Lipinski definition) is 1. The van der Waals surface area contributed by atoms with Gasteiger partial charge < -0.3 is 5.73 Å². The van der Waals surface area contributed by atoms with Crippen LogP contribution in [0.15, 0.2) is 30.6 Å². The molecule has 1 aromatic heterocycles. The molecule has 0 amide bonds. The number of hydrogen-bond acceptors (Lipinski definition) is 3. The molecule has 1 aromatic carbocycles. The highest BCUT2D eigenvalue weighted by molar-refractivity contribution is 6.32. The number of rotatable bonds is 3. The SMILES string of the molecule is NCCc1ncnn1-c1ccccc1Cl. The first-order valence-corrected chi connectivity index (χ1v) is 5.04. The molecule has 0 unspecified atom stereocenters. The Balaban J connectivity index is 2.45. The summed E-state index contributed by atoms with van der Waals surface area (Å²) in [7, 11) is 0. The van der Waals surface area contributed by atoms with E-state index in [1.54, 1.807) is 4.68 Å². The lowest BCUT2D eigenvalue weighted by Crippen LogP contribution is -2.10. The summed E-state index contributed by atoms with van der Waals surface area (Å²) in [6.07, 6.45) is 2.19. The molecule has 2 aromatic rings. The van der Waals surface area contributed by atoms with E-state index in [1.807, 2.05) is 24.3 Å². The van der Waals surface area contributed by atoms with Crippen molar-refractivity contribution in [3.8, 4) is 5.69 Å².